The van der Waals surface area contributed by atoms with Crippen molar-refractivity contribution >= 4 is 57.4 Å². The molecule has 19 heteroatoms. The number of thiocarbonyl (C=S) groups is 2. The van der Waals surface area contributed by atoms with E-state index < -0.39 is 58.3 Å². The lowest BCUT2D eigenvalue weighted by Crippen LogP contribution is -2.21. The number of alkyl halides is 12. The first-order valence-corrected chi connectivity index (χ1v) is 23.2. The average Bonchev–Trinajstić information content (AvgIpc) is 3.27. The molecule has 8 aliphatic rings. The van der Waals surface area contributed by atoms with Crippen molar-refractivity contribution in [3.05, 3.63) is 187 Å². The van der Waals surface area contributed by atoms with Crippen LogP contribution in [0.1, 0.15) is 77.9 Å². The molecule has 5 N–H and O–H groups in total. The summed E-state index contributed by atoms with van der Waals surface area (Å²) < 4.78 is 162. The van der Waals surface area contributed by atoms with E-state index in [1.165, 1.54) is 0 Å². The molecule has 0 unspecified atom stereocenters. The van der Waals surface area contributed by atoms with Gasteiger partial charge in [-0.05, 0) is 180 Å². The summed E-state index contributed by atoms with van der Waals surface area (Å²) in [6, 6.07) is 27.0. The molecule has 8 bridgehead atoms. The molecule has 6 aromatic rings. The van der Waals surface area contributed by atoms with E-state index in [-0.39, 0.29) is 22.4 Å². The quantitative estimate of drug-likeness (QED) is 0.0769. The summed E-state index contributed by atoms with van der Waals surface area (Å²) in [5.74, 6) is 0. The van der Waals surface area contributed by atoms with E-state index in [9.17, 15) is 52.7 Å². The van der Waals surface area contributed by atoms with Crippen molar-refractivity contribution in [1.29, 1.82) is 0 Å². The summed E-state index contributed by atoms with van der Waals surface area (Å²) in [6.45, 7) is 1.18. The van der Waals surface area contributed by atoms with Gasteiger partial charge < -0.3 is 26.6 Å². The molecule has 71 heavy (non-hydrogen) atoms. The van der Waals surface area contributed by atoms with E-state index in [0.717, 1.165) is 55.6 Å². The Morgan fingerprint density at radius 2 is 0.648 bits per heavy atom. The Labute approximate surface area is 411 Å². The van der Waals surface area contributed by atoms with Gasteiger partial charge in [0, 0.05) is 35.8 Å². The molecule has 8 aliphatic carbocycles. The molecule has 6 aromatic carbocycles. The molecule has 0 aliphatic heterocycles. The monoisotopic (exact) mass is 1030 g/mol. The fraction of sp³-hybridized carbons (Fsp3) is 0.269. The normalized spacial score (nSPS) is 14.0. The Hall–Kier alpha value is -6.18. The van der Waals surface area contributed by atoms with Crippen LogP contribution < -0.4 is 26.6 Å². The summed E-state index contributed by atoms with van der Waals surface area (Å²) in [5.41, 5.74) is 4.81. The zero-order valence-corrected chi connectivity index (χ0v) is 38.9. The van der Waals surface area contributed by atoms with Gasteiger partial charge in [-0.3, -0.25) is 0 Å². The van der Waals surface area contributed by atoms with Gasteiger partial charge in [0.05, 0.1) is 22.3 Å². The van der Waals surface area contributed by atoms with Gasteiger partial charge in [-0.25, -0.2) is 0 Å². The van der Waals surface area contributed by atoms with Gasteiger partial charge in [0.2, 0.25) is 0 Å². The molecule has 0 aromatic heterocycles. The van der Waals surface area contributed by atoms with Crippen LogP contribution in [-0.4, -0.2) is 10.2 Å². The summed E-state index contributed by atoms with van der Waals surface area (Å²) in [7, 11) is 0. The molecule has 0 fully saturated rings. The van der Waals surface area contributed by atoms with Gasteiger partial charge in [-0.1, -0.05) is 60.7 Å². The maximum absolute atomic E-state index is 13.5. The molecule has 0 amide bonds. The highest BCUT2D eigenvalue weighted by molar-refractivity contribution is 7.81. The van der Waals surface area contributed by atoms with Crippen LogP contribution >= 0.6 is 24.4 Å². The highest BCUT2D eigenvalue weighted by Crippen LogP contribution is 2.40. The summed E-state index contributed by atoms with van der Waals surface area (Å²) in [5, 5.41) is 14.4. The molecule has 14 rings (SSSR count). The van der Waals surface area contributed by atoms with Crippen molar-refractivity contribution in [2.75, 3.05) is 21.3 Å². The number of benzene rings is 6. The second kappa shape index (κ2) is 20.5. The van der Waals surface area contributed by atoms with Crippen LogP contribution in [0.15, 0.2) is 109 Å². The standard InChI is InChI=1S/C52H43F12N5S2/c53-49(54,55)39-21-40(50(56,57)58)24-43(23-39)66-47(70)68-45-19-31-3-11-33-9-1-29(5-13-35(45)15-7-31)17-37(33)27-65-28-38-18-30-2-10-34(38)12-4-32-8-16-36(14-6-30)46(20-32)69-48(71)67-44-25-41(51(59,60)61)22-42(26-44)52(62,63)64/h1-2,7-10,15-26,65H,3-6,11-14,27-28H2,(H2,66,68,70)(H2,67,69,71). The minimum absolute atomic E-state index is 0.0601. The summed E-state index contributed by atoms with van der Waals surface area (Å²) >= 11 is 10.8. The van der Waals surface area contributed by atoms with Gasteiger partial charge in [-0.15, -0.1) is 0 Å². The molecular weight excluding hydrogens is 987 g/mol. The van der Waals surface area contributed by atoms with Crippen LogP contribution in [0.4, 0.5) is 75.4 Å². The Bertz CT molecular complexity index is 2720. The average molecular weight is 1030 g/mol. The van der Waals surface area contributed by atoms with Gasteiger partial charge in [-0.2, -0.15) is 52.7 Å². The van der Waals surface area contributed by atoms with E-state index in [0.29, 0.717) is 100 Å². The second-order valence-corrected chi connectivity index (χ2v) is 18.4. The zero-order chi connectivity index (χ0) is 50.9. The van der Waals surface area contributed by atoms with Gasteiger partial charge in [0.25, 0.3) is 0 Å². The van der Waals surface area contributed by atoms with Crippen molar-refractivity contribution in [3.8, 4) is 0 Å². The lowest BCUT2D eigenvalue weighted by molar-refractivity contribution is -0.144. The predicted octanol–water partition coefficient (Wildman–Crippen LogP) is 14.4. The SMILES string of the molecule is FC(F)(F)c1cc(NC(=S)Nc2cc3ccc2CCc2ccc(c(CNCc4cc5ccc4CCc4ccc(c(NC(=S)Nc6cc(C(F)(F)F)cc(C(F)(F)F)c6)c4)CC5)c2)CC3)cc(C(F)(F)F)c1. The van der Waals surface area contributed by atoms with Gasteiger partial charge in [0.1, 0.15) is 0 Å². The van der Waals surface area contributed by atoms with E-state index in [1.807, 2.05) is 36.4 Å². The minimum Gasteiger partial charge on any atom is -0.332 e. The molecule has 0 saturated heterocycles. The Morgan fingerprint density at radius 3 is 0.972 bits per heavy atom. The lowest BCUT2D eigenvalue weighted by atomic mass is 9.92. The number of anilines is 4. The van der Waals surface area contributed by atoms with Gasteiger partial charge in [0.15, 0.2) is 10.2 Å². The van der Waals surface area contributed by atoms with Crippen LogP contribution in [0.3, 0.4) is 0 Å². The number of rotatable bonds is 8. The van der Waals surface area contributed by atoms with Crippen LogP contribution in [0.25, 0.3) is 0 Å². The first-order valence-electron chi connectivity index (χ1n) is 22.3. The number of halogens is 12. The van der Waals surface area contributed by atoms with Crippen molar-refractivity contribution in [1.82, 2.24) is 5.32 Å². The van der Waals surface area contributed by atoms with Gasteiger partial charge >= 0.3 is 24.7 Å². The fourth-order valence-corrected chi connectivity index (χ4v) is 9.24. The van der Waals surface area contributed by atoms with Crippen molar-refractivity contribution in [2.45, 2.75) is 89.2 Å². The van der Waals surface area contributed by atoms with E-state index in [2.05, 4.69) is 63.0 Å². The van der Waals surface area contributed by atoms with E-state index >= 15 is 0 Å². The minimum atomic E-state index is -5.01. The highest BCUT2D eigenvalue weighted by Gasteiger charge is 2.38. The number of nitrogens with one attached hydrogen (secondary N) is 5. The maximum atomic E-state index is 13.5. The molecular formula is C52H43F12N5S2. The smallest absolute Gasteiger partial charge is 0.332 e. The lowest BCUT2D eigenvalue weighted by Gasteiger charge is -2.20. The Morgan fingerprint density at radius 1 is 0.352 bits per heavy atom. The Kier molecular flexibility index (Phi) is 14.8. The number of aryl methyl sites for hydroxylation is 8. The third-order valence-corrected chi connectivity index (χ3v) is 12.8. The van der Waals surface area contributed by atoms with Crippen molar-refractivity contribution < 1.29 is 52.7 Å². The van der Waals surface area contributed by atoms with Crippen LogP contribution in [0, 0.1) is 0 Å². The number of hydrogen-bond acceptors (Lipinski definition) is 3. The number of hydrogen-bond donors (Lipinski definition) is 5. The Balaban J connectivity index is 0.905. The van der Waals surface area contributed by atoms with Crippen molar-refractivity contribution in [2.24, 2.45) is 0 Å². The molecule has 0 radical (unpaired) electrons. The molecule has 5 nitrogen and oxygen atoms in total. The van der Waals surface area contributed by atoms with E-state index in [4.69, 9.17) is 24.4 Å². The van der Waals surface area contributed by atoms with Crippen molar-refractivity contribution in [3.63, 3.8) is 0 Å². The maximum Gasteiger partial charge on any atom is 0.416 e. The summed E-state index contributed by atoms with van der Waals surface area (Å²) in [6.07, 6.45) is -15.0. The first-order chi connectivity index (χ1) is 33.4. The van der Waals surface area contributed by atoms with E-state index in [1.54, 1.807) is 0 Å². The van der Waals surface area contributed by atoms with Crippen LogP contribution in [0.2, 0.25) is 0 Å². The van der Waals surface area contributed by atoms with Crippen LogP contribution in [0.5, 0.6) is 0 Å². The zero-order valence-electron chi connectivity index (χ0n) is 37.3. The molecule has 372 valence electrons. The molecule has 0 spiro atoms. The molecule has 0 heterocycles. The fourth-order valence-electron chi connectivity index (χ4n) is 8.78. The van der Waals surface area contributed by atoms with Crippen LogP contribution in [-0.2, 0) is 89.2 Å². The predicted molar refractivity (Wildman–Crippen MR) is 259 cm³/mol. The first kappa shape index (κ1) is 51.2. The highest BCUT2D eigenvalue weighted by atomic mass is 32.1. The topological polar surface area (TPSA) is 60.1 Å². The third-order valence-electron chi connectivity index (χ3n) is 12.4. The third kappa shape index (κ3) is 13.2. The summed E-state index contributed by atoms with van der Waals surface area (Å²) in [4.78, 5) is 0. The molecule has 0 saturated carbocycles. The second-order valence-electron chi connectivity index (χ2n) is 17.5. The largest absolute Gasteiger partial charge is 0.416 e. The molecule has 0 atom stereocenters.